The average molecular weight is 168 g/mol. The monoisotopic (exact) mass is 168 g/mol. The third kappa shape index (κ3) is 2.80. The third-order valence-electron chi connectivity index (χ3n) is 2.37. The second-order valence-electron chi connectivity index (χ2n) is 3.32. The van der Waals surface area contributed by atoms with E-state index in [1.807, 2.05) is 0 Å². The van der Waals surface area contributed by atoms with Crippen molar-refractivity contribution in [3.05, 3.63) is 0 Å². The van der Waals surface area contributed by atoms with Gasteiger partial charge in [0.2, 0.25) is 0 Å². The van der Waals surface area contributed by atoms with Gasteiger partial charge in [-0.1, -0.05) is 12.8 Å². The summed E-state index contributed by atoms with van der Waals surface area (Å²) in [5.41, 5.74) is 0. The molecule has 1 aliphatic carbocycles. The molecule has 1 saturated carbocycles. The largest absolute Gasteiger partial charge is 0.392 e. The lowest BCUT2D eigenvalue weighted by molar-refractivity contribution is 0.0915. The van der Waals surface area contributed by atoms with Crippen LogP contribution in [0.2, 0.25) is 0 Å². The van der Waals surface area contributed by atoms with E-state index in [1.165, 1.54) is 6.42 Å². The molecule has 1 fully saturated rings. The first kappa shape index (κ1) is 9.50. The van der Waals surface area contributed by atoms with Crippen LogP contribution in [0.5, 0.6) is 0 Å². The maximum Gasteiger partial charge on any atom is 0.0693 e. The van der Waals surface area contributed by atoms with Crippen molar-refractivity contribution in [3.8, 4) is 6.07 Å². The molecule has 0 saturated heterocycles. The molecule has 2 unspecified atom stereocenters. The molecule has 12 heavy (non-hydrogen) atoms. The summed E-state index contributed by atoms with van der Waals surface area (Å²) in [6.45, 7) is 0.707. The lowest BCUT2D eigenvalue weighted by Gasteiger charge is -2.28. The molecule has 1 rings (SSSR count). The van der Waals surface area contributed by atoms with E-state index in [2.05, 4.69) is 11.4 Å². The summed E-state index contributed by atoms with van der Waals surface area (Å²) < 4.78 is 0. The zero-order valence-electron chi connectivity index (χ0n) is 7.29. The molecule has 0 amide bonds. The topological polar surface area (TPSA) is 56.0 Å². The molecule has 3 nitrogen and oxygen atoms in total. The summed E-state index contributed by atoms with van der Waals surface area (Å²) >= 11 is 0. The molecule has 0 radical (unpaired) electrons. The first-order valence-corrected chi connectivity index (χ1v) is 4.63. The fraction of sp³-hybridized carbons (Fsp3) is 0.889. The van der Waals surface area contributed by atoms with Crippen LogP contribution in [-0.4, -0.2) is 23.8 Å². The van der Waals surface area contributed by atoms with E-state index in [4.69, 9.17) is 5.26 Å². The smallest absolute Gasteiger partial charge is 0.0693 e. The van der Waals surface area contributed by atoms with Crippen molar-refractivity contribution >= 4 is 0 Å². The van der Waals surface area contributed by atoms with Crippen molar-refractivity contribution in [2.75, 3.05) is 6.54 Å². The number of hydrogen-bond donors (Lipinski definition) is 2. The molecule has 0 aromatic carbocycles. The Bertz CT molecular complexity index is 164. The number of nitrogens with zero attached hydrogens (tertiary/aromatic N) is 1. The van der Waals surface area contributed by atoms with Crippen LogP contribution in [0.25, 0.3) is 0 Å². The number of nitrogens with one attached hydrogen (secondary N) is 1. The number of aliphatic hydroxyl groups excluding tert-OH is 1. The predicted molar refractivity (Wildman–Crippen MR) is 46.5 cm³/mol. The lowest BCUT2D eigenvalue weighted by atomic mass is 9.92. The molecule has 0 bridgehead atoms. The van der Waals surface area contributed by atoms with Crippen molar-refractivity contribution in [2.45, 2.75) is 44.2 Å². The molecule has 2 atom stereocenters. The minimum absolute atomic E-state index is 0.197. The van der Waals surface area contributed by atoms with Crippen molar-refractivity contribution in [1.82, 2.24) is 5.32 Å². The van der Waals surface area contributed by atoms with Gasteiger partial charge in [0.15, 0.2) is 0 Å². The van der Waals surface area contributed by atoms with Crippen LogP contribution in [0.3, 0.4) is 0 Å². The van der Waals surface area contributed by atoms with E-state index in [0.717, 1.165) is 19.3 Å². The summed E-state index contributed by atoms with van der Waals surface area (Å²) in [7, 11) is 0. The molecule has 1 aliphatic rings. The highest BCUT2D eigenvalue weighted by molar-refractivity contribution is 4.81. The van der Waals surface area contributed by atoms with Crippen LogP contribution in [0.1, 0.15) is 32.1 Å². The van der Waals surface area contributed by atoms with Gasteiger partial charge in [0.25, 0.3) is 0 Å². The molecule has 0 aromatic heterocycles. The number of hydrogen-bond acceptors (Lipinski definition) is 3. The Morgan fingerprint density at radius 2 is 2.17 bits per heavy atom. The number of rotatable bonds is 3. The lowest BCUT2D eigenvalue weighted by Crippen LogP contribution is -2.42. The molecule has 68 valence electrons. The highest BCUT2D eigenvalue weighted by Gasteiger charge is 2.21. The maximum absolute atomic E-state index is 9.52. The standard InChI is InChI=1S/C9H16N2O/c10-6-3-7-11-8-4-1-2-5-9(8)12/h8-9,11-12H,1-5,7H2. The van der Waals surface area contributed by atoms with Crippen LogP contribution in [0, 0.1) is 11.3 Å². The second kappa shape index (κ2) is 5.13. The summed E-state index contributed by atoms with van der Waals surface area (Å²) in [5.74, 6) is 0. The van der Waals surface area contributed by atoms with Crippen molar-refractivity contribution < 1.29 is 5.11 Å². The van der Waals surface area contributed by atoms with Gasteiger partial charge in [0, 0.05) is 19.0 Å². The zero-order valence-corrected chi connectivity index (χ0v) is 7.29. The van der Waals surface area contributed by atoms with Gasteiger partial charge in [-0.15, -0.1) is 0 Å². The van der Waals surface area contributed by atoms with Crippen LogP contribution >= 0.6 is 0 Å². The van der Waals surface area contributed by atoms with E-state index >= 15 is 0 Å². The quantitative estimate of drug-likeness (QED) is 0.613. The van der Waals surface area contributed by atoms with Crippen LogP contribution in [0.15, 0.2) is 0 Å². The van der Waals surface area contributed by atoms with Gasteiger partial charge in [0.1, 0.15) is 0 Å². The molecule has 0 heterocycles. The summed E-state index contributed by atoms with van der Waals surface area (Å²) in [4.78, 5) is 0. The molecular formula is C9H16N2O. The van der Waals surface area contributed by atoms with Crippen LogP contribution < -0.4 is 5.32 Å². The molecule has 0 aromatic rings. The Hall–Kier alpha value is -0.590. The van der Waals surface area contributed by atoms with Crippen molar-refractivity contribution in [3.63, 3.8) is 0 Å². The average Bonchev–Trinajstić information content (AvgIpc) is 2.09. The van der Waals surface area contributed by atoms with Gasteiger partial charge in [-0.25, -0.2) is 0 Å². The zero-order chi connectivity index (χ0) is 8.81. The van der Waals surface area contributed by atoms with Gasteiger partial charge in [-0.05, 0) is 12.8 Å². The van der Waals surface area contributed by atoms with Crippen molar-refractivity contribution in [1.29, 1.82) is 5.26 Å². The highest BCUT2D eigenvalue weighted by atomic mass is 16.3. The van der Waals surface area contributed by atoms with Crippen LogP contribution in [0.4, 0.5) is 0 Å². The number of aliphatic hydroxyl groups is 1. The summed E-state index contributed by atoms with van der Waals surface area (Å²) in [6, 6.07) is 2.31. The number of nitriles is 1. The fourth-order valence-corrected chi connectivity index (χ4v) is 1.66. The second-order valence-corrected chi connectivity index (χ2v) is 3.32. The first-order chi connectivity index (χ1) is 5.84. The van der Waals surface area contributed by atoms with Crippen LogP contribution in [-0.2, 0) is 0 Å². The predicted octanol–water partition coefficient (Wildman–Crippen LogP) is 0.793. The molecule has 0 aliphatic heterocycles. The summed E-state index contributed by atoms with van der Waals surface area (Å²) in [5, 5.41) is 21.0. The molecule has 0 spiro atoms. The first-order valence-electron chi connectivity index (χ1n) is 4.63. The Labute approximate surface area is 73.4 Å². The minimum Gasteiger partial charge on any atom is -0.392 e. The van der Waals surface area contributed by atoms with Gasteiger partial charge < -0.3 is 10.4 Å². The Kier molecular flexibility index (Phi) is 4.06. The van der Waals surface area contributed by atoms with E-state index in [1.54, 1.807) is 0 Å². The van der Waals surface area contributed by atoms with E-state index in [9.17, 15) is 5.11 Å². The van der Waals surface area contributed by atoms with E-state index in [-0.39, 0.29) is 12.1 Å². The Balaban J connectivity index is 2.16. The van der Waals surface area contributed by atoms with E-state index < -0.39 is 0 Å². The van der Waals surface area contributed by atoms with Crippen molar-refractivity contribution in [2.24, 2.45) is 0 Å². The molecule has 2 N–H and O–H groups in total. The SMILES string of the molecule is N#CCCNC1CCCCC1O. The normalized spacial score (nSPS) is 29.7. The third-order valence-corrected chi connectivity index (χ3v) is 2.37. The Morgan fingerprint density at radius 1 is 1.42 bits per heavy atom. The fourth-order valence-electron chi connectivity index (χ4n) is 1.66. The molecular weight excluding hydrogens is 152 g/mol. The van der Waals surface area contributed by atoms with Gasteiger partial charge in [-0.2, -0.15) is 5.26 Å². The molecule has 3 heteroatoms. The van der Waals surface area contributed by atoms with Gasteiger partial charge >= 0.3 is 0 Å². The van der Waals surface area contributed by atoms with Gasteiger partial charge in [0.05, 0.1) is 12.2 Å². The minimum atomic E-state index is -0.197. The maximum atomic E-state index is 9.52. The van der Waals surface area contributed by atoms with Gasteiger partial charge in [-0.3, -0.25) is 0 Å². The van der Waals surface area contributed by atoms with E-state index in [0.29, 0.717) is 13.0 Å². The Morgan fingerprint density at radius 3 is 2.83 bits per heavy atom. The summed E-state index contributed by atoms with van der Waals surface area (Å²) in [6.07, 6.45) is 4.62. The highest BCUT2D eigenvalue weighted by Crippen LogP contribution is 2.17.